The zero-order valence-electron chi connectivity index (χ0n) is 23.6. The van der Waals surface area contributed by atoms with E-state index in [2.05, 4.69) is 35.0 Å². The quantitative estimate of drug-likeness (QED) is 0.265. The molecule has 4 heterocycles. The lowest BCUT2D eigenvalue weighted by molar-refractivity contribution is 0.00152. The predicted molar refractivity (Wildman–Crippen MR) is 147 cm³/mol. The number of sulfonamides is 1. The van der Waals surface area contributed by atoms with Gasteiger partial charge in [-0.25, -0.2) is 23.4 Å². The third-order valence-corrected chi connectivity index (χ3v) is 7.95. The van der Waals surface area contributed by atoms with Gasteiger partial charge >= 0.3 is 0 Å². The number of hydrogen-bond donors (Lipinski definition) is 1. The average Bonchev–Trinajstić information content (AvgIpc) is 3.49. The van der Waals surface area contributed by atoms with E-state index in [1.54, 1.807) is 49.0 Å². The van der Waals surface area contributed by atoms with Gasteiger partial charge in [0.25, 0.3) is 0 Å². The zero-order chi connectivity index (χ0) is 29.0. The average molecular weight is 571 g/mol. The van der Waals surface area contributed by atoms with Gasteiger partial charge in [-0.3, -0.25) is 9.29 Å². The third-order valence-electron chi connectivity index (χ3n) is 6.25. The molecule has 0 aliphatic carbocycles. The van der Waals surface area contributed by atoms with Gasteiger partial charge < -0.3 is 14.0 Å². The summed E-state index contributed by atoms with van der Waals surface area (Å²) in [5.41, 5.74) is 2.85. The maximum absolute atomic E-state index is 13.8. The highest BCUT2D eigenvalue weighted by atomic mass is 32.2. The van der Waals surface area contributed by atoms with Crippen LogP contribution in [-0.2, 0) is 27.7 Å². The summed E-state index contributed by atoms with van der Waals surface area (Å²) in [6, 6.07) is 5.22. The molecular weight excluding hydrogens is 536 g/mol. The van der Waals surface area contributed by atoms with E-state index >= 15 is 0 Å². The molecule has 40 heavy (non-hydrogen) atoms. The highest BCUT2D eigenvalue weighted by Crippen LogP contribution is 2.29. The molecule has 0 aromatic carbocycles. The molecule has 13 nitrogen and oxygen atoms in total. The molecule has 0 spiro atoms. The maximum atomic E-state index is 13.8. The first-order valence-electron chi connectivity index (χ1n) is 12.9. The Bertz CT molecular complexity index is 1550. The van der Waals surface area contributed by atoms with E-state index in [1.165, 1.54) is 7.11 Å². The molecule has 4 aromatic heterocycles. The van der Waals surface area contributed by atoms with Crippen LogP contribution < -0.4 is 9.46 Å². The summed E-state index contributed by atoms with van der Waals surface area (Å²) in [7, 11) is -2.57. The first-order chi connectivity index (χ1) is 19.0. The molecule has 0 aliphatic heterocycles. The van der Waals surface area contributed by atoms with Gasteiger partial charge in [-0.15, -0.1) is 10.2 Å². The Morgan fingerprint density at radius 3 is 2.48 bits per heavy atom. The largest absolute Gasteiger partial charge is 0.481 e. The Balaban J connectivity index is 1.75. The first kappa shape index (κ1) is 29.1. The van der Waals surface area contributed by atoms with Crippen molar-refractivity contribution in [3.63, 3.8) is 0 Å². The highest BCUT2D eigenvalue weighted by Gasteiger charge is 2.35. The second kappa shape index (κ2) is 12.1. The van der Waals surface area contributed by atoms with E-state index in [4.69, 9.17) is 14.0 Å². The SMILES string of the molecule is CCc1noc(C)c1Cn1c(NS(=O)(=O)[C@@H](C)[C@@H](OC(C)C)c2ncc(C)cn2)nnc1-c1cccc(OC)n1. The Kier molecular flexibility index (Phi) is 8.79. The van der Waals surface area contributed by atoms with E-state index in [0.717, 1.165) is 16.8 Å². The number of pyridine rings is 1. The fraction of sp³-hybridized carbons (Fsp3) is 0.462. The maximum Gasteiger partial charge on any atom is 0.240 e. The van der Waals surface area contributed by atoms with Gasteiger partial charge in [0.05, 0.1) is 25.5 Å². The molecule has 4 rings (SSSR count). The molecule has 0 fully saturated rings. The lowest BCUT2D eigenvalue weighted by atomic mass is 10.1. The second-order valence-corrected chi connectivity index (χ2v) is 11.6. The van der Waals surface area contributed by atoms with Gasteiger partial charge in [0, 0.05) is 24.0 Å². The number of nitrogens with one attached hydrogen (secondary N) is 1. The van der Waals surface area contributed by atoms with E-state index in [0.29, 0.717) is 29.6 Å². The van der Waals surface area contributed by atoms with Crippen LogP contribution in [0.5, 0.6) is 5.88 Å². The Labute approximate surface area is 233 Å². The Morgan fingerprint density at radius 2 is 1.82 bits per heavy atom. The van der Waals surface area contributed by atoms with Crippen molar-refractivity contribution in [1.82, 2.24) is 34.9 Å². The highest BCUT2D eigenvalue weighted by molar-refractivity contribution is 7.93. The van der Waals surface area contributed by atoms with E-state index in [-0.39, 0.29) is 24.4 Å². The number of rotatable bonds is 12. The summed E-state index contributed by atoms with van der Waals surface area (Å²) in [5, 5.41) is 11.6. The molecule has 0 bridgehead atoms. The van der Waals surface area contributed by atoms with Gasteiger partial charge in [-0.05, 0) is 52.7 Å². The molecule has 0 saturated carbocycles. The van der Waals surface area contributed by atoms with Crippen molar-refractivity contribution in [3.8, 4) is 17.4 Å². The molecule has 0 unspecified atom stereocenters. The van der Waals surface area contributed by atoms with Crippen LogP contribution in [0.1, 0.15) is 62.2 Å². The van der Waals surface area contributed by atoms with Crippen LogP contribution in [0.4, 0.5) is 5.95 Å². The smallest absolute Gasteiger partial charge is 0.240 e. The van der Waals surface area contributed by atoms with Crippen LogP contribution in [0.25, 0.3) is 11.5 Å². The van der Waals surface area contributed by atoms with Gasteiger partial charge in [0.2, 0.25) is 21.9 Å². The molecule has 1 N–H and O–H groups in total. The van der Waals surface area contributed by atoms with Crippen molar-refractivity contribution in [1.29, 1.82) is 0 Å². The standard InChI is InChI=1S/C26H34N8O5S/c1-8-20-19(17(5)39-32-20)14-34-25(21-10-9-11-22(29-21)37-7)30-31-26(34)33-40(35,36)18(6)23(38-15(2)3)24-27-12-16(4)13-28-24/h9-13,15,18,23H,8,14H2,1-7H3,(H,31,33)/t18-,23+/m0/s1. The predicted octanol–water partition coefficient (Wildman–Crippen LogP) is 3.65. The first-order valence-corrected chi connectivity index (χ1v) is 14.4. The topological polar surface area (TPSA) is 160 Å². The summed E-state index contributed by atoms with van der Waals surface area (Å²) in [4.78, 5) is 13.1. The molecule has 0 amide bonds. The number of ether oxygens (including phenoxy) is 2. The van der Waals surface area contributed by atoms with Crippen LogP contribution in [0.3, 0.4) is 0 Å². The van der Waals surface area contributed by atoms with Crippen molar-refractivity contribution in [2.24, 2.45) is 0 Å². The molecule has 0 aliphatic rings. The normalized spacial score (nSPS) is 13.4. The summed E-state index contributed by atoms with van der Waals surface area (Å²) in [6.45, 7) is 11.0. The Morgan fingerprint density at radius 1 is 1.10 bits per heavy atom. The van der Waals surface area contributed by atoms with Crippen LogP contribution in [0.15, 0.2) is 35.1 Å². The zero-order valence-corrected chi connectivity index (χ0v) is 24.4. The van der Waals surface area contributed by atoms with Gasteiger partial charge in [0.1, 0.15) is 22.8 Å². The minimum Gasteiger partial charge on any atom is -0.481 e. The number of methoxy groups -OCH3 is 1. The minimum absolute atomic E-state index is 0.00208. The third kappa shape index (κ3) is 6.28. The van der Waals surface area contributed by atoms with E-state index in [9.17, 15) is 8.42 Å². The number of anilines is 1. The number of hydrogen-bond acceptors (Lipinski definition) is 11. The number of aromatic nitrogens is 7. The monoisotopic (exact) mass is 570 g/mol. The Hall–Kier alpha value is -3.91. The molecule has 0 radical (unpaired) electrons. The molecule has 4 aromatic rings. The van der Waals surface area contributed by atoms with Crippen molar-refractivity contribution >= 4 is 16.0 Å². The molecule has 14 heteroatoms. The summed E-state index contributed by atoms with van der Waals surface area (Å²) in [5.74, 6) is 1.60. The van der Waals surface area contributed by atoms with Crippen LogP contribution in [0, 0.1) is 13.8 Å². The van der Waals surface area contributed by atoms with Gasteiger partial charge in [0.15, 0.2) is 11.6 Å². The lowest BCUT2D eigenvalue weighted by Gasteiger charge is -2.25. The second-order valence-electron chi connectivity index (χ2n) is 9.59. The summed E-state index contributed by atoms with van der Waals surface area (Å²) < 4.78 is 48.5. The number of nitrogens with zero attached hydrogens (tertiary/aromatic N) is 7. The molecular formula is C26H34N8O5S. The van der Waals surface area contributed by atoms with Crippen molar-refractivity contribution < 1.29 is 22.4 Å². The summed E-state index contributed by atoms with van der Waals surface area (Å²) >= 11 is 0. The fourth-order valence-corrected chi connectivity index (χ4v) is 5.16. The van der Waals surface area contributed by atoms with Crippen LogP contribution in [-0.4, -0.2) is 61.8 Å². The molecule has 0 saturated heterocycles. The fourth-order valence-electron chi connectivity index (χ4n) is 4.05. The molecule has 2 atom stereocenters. The molecule has 214 valence electrons. The minimum atomic E-state index is -4.09. The van der Waals surface area contributed by atoms with Crippen molar-refractivity contribution in [2.45, 2.75) is 72.0 Å². The number of aryl methyl sites for hydroxylation is 3. The van der Waals surface area contributed by atoms with Crippen molar-refractivity contribution in [2.75, 3.05) is 11.8 Å². The summed E-state index contributed by atoms with van der Waals surface area (Å²) in [6.07, 6.45) is 2.68. The van der Waals surface area contributed by atoms with Gasteiger partial charge in [-0.1, -0.05) is 18.1 Å². The van der Waals surface area contributed by atoms with E-state index in [1.807, 2.05) is 27.7 Å². The lowest BCUT2D eigenvalue weighted by Crippen LogP contribution is -2.35. The van der Waals surface area contributed by atoms with Crippen LogP contribution >= 0.6 is 0 Å². The van der Waals surface area contributed by atoms with Crippen molar-refractivity contribution in [3.05, 3.63) is 59.0 Å². The van der Waals surface area contributed by atoms with Gasteiger partial charge in [-0.2, -0.15) is 0 Å². The van der Waals surface area contributed by atoms with E-state index < -0.39 is 21.4 Å². The van der Waals surface area contributed by atoms with Crippen LogP contribution in [0.2, 0.25) is 0 Å².